The Hall–Kier alpha value is -2.28. The lowest BCUT2D eigenvalue weighted by molar-refractivity contribution is -0.186. The highest BCUT2D eigenvalue weighted by atomic mass is 31.2. The number of ether oxygens (including phenoxy) is 3. The molecular formula is C26H41N2O8P. The lowest BCUT2D eigenvalue weighted by Crippen LogP contribution is -2.35. The van der Waals surface area contributed by atoms with Crippen LogP contribution in [0.15, 0.2) is 24.3 Å². The fourth-order valence-electron chi connectivity index (χ4n) is 3.45. The summed E-state index contributed by atoms with van der Waals surface area (Å²) >= 11 is 0. The largest absolute Gasteiger partial charge is 0.494 e. The van der Waals surface area contributed by atoms with Crippen LogP contribution in [0.5, 0.6) is 5.75 Å². The van der Waals surface area contributed by atoms with Crippen molar-refractivity contribution < 1.29 is 38.0 Å². The first-order chi connectivity index (χ1) is 17.6. The average Bonchev–Trinajstić information content (AvgIpc) is 2.82. The van der Waals surface area contributed by atoms with Gasteiger partial charge in [-0.2, -0.15) is 5.26 Å². The van der Waals surface area contributed by atoms with Crippen LogP contribution in [0.3, 0.4) is 0 Å². The summed E-state index contributed by atoms with van der Waals surface area (Å²) in [6, 6.07) is 9.23. The van der Waals surface area contributed by atoms with Gasteiger partial charge in [0.25, 0.3) is 14.8 Å². The SMILES string of the molecule is CC(=O)OC(OC(C)=O)c1ccc(OCCCCC(CO)OP(OCCC#N)N(C(C)C)C(C)C)cc1. The minimum Gasteiger partial charge on any atom is -0.494 e. The maximum absolute atomic E-state index is 11.3. The zero-order valence-electron chi connectivity index (χ0n) is 22.7. The van der Waals surface area contributed by atoms with E-state index in [1.54, 1.807) is 24.3 Å². The second-order valence-electron chi connectivity index (χ2n) is 8.92. The number of aliphatic hydroxyl groups excluding tert-OH is 1. The summed E-state index contributed by atoms with van der Waals surface area (Å²) < 4.78 is 30.1. The van der Waals surface area contributed by atoms with E-state index in [4.69, 9.17) is 28.5 Å². The quantitative estimate of drug-likeness (QED) is 0.117. The van der Waals surface area contributed by atoms with E-state index in [1.807, 2.05) is 0 Å². The molecule has 208 valence electrons. The van der Waals surface area contributed by atoms with Crippen molar-refractivity contribution in [1.29, 1.82) is 5.26 Å². The molecule has 0 spiro atoms. The lowest BCUT2D eigenvalue weighted by Gasteiger charge is -2.37. The monoisotopic (exact) mass is 540 g/mol. The summed E-state index contributed by atoms with van der Waals surface area (Å²) in [7, 11) is -1.41. The summed E-state index contributed by atoms with van der Waals surface area (Å²) in [6.45, 7) is 11.4. The molecule has 1 aromatic rings. The summed E-state index contributed by atoms with van der Waals surface area (Å²) in [4.78, 5) is 22.6. The van der Waals surface area contributed by atoms with Gasteiger partial charge in [0.1, 0.15) is 5.75 Å². The molecule has 11 heteroatoms. The number of benzene rings is 1. The summed E-state index contributed by atoms with van der Waals surface area (Å²) in [5.74, 6) is -0.486. The van der Waals surface area contributed by atoms with Gasteiger partial charge in [-0.05, 0) is 71.2 Å². The third-order valence-electron chi connectivity index (χ3n) is 4.99. The van der Waals surface area contributed by atoms with E-state index in [9.17, 15) is 14.7 Å². The van der Waals surface area contributed by atoms with Gasteiger partial charge in [0, 0.05) is 31.5 Å². The molecule has 0 aliphatic rings. The fourth-order valence-corrected chi connectivity index (χ4v) is 5.18. The molecule has 10 nitrogen and oxygen atoms in total. The van der Waals surface area contributed by atoms with Crippen LogP contribution in [0, 0.1) is 11.3 Å². The molecule has 0 saturated heterocycles. The van der Waals surface area contributed by atoms with Crippen molar-refractivity contribution in [3.05, 3.63) is 29.8 Å². The summed E-state index contributed by atoms with van der Waals surface area (Å²) in [5, 5.41) is 18.7. The van der Waals surface area contributed by atoms with E-state index >= 15 is 0 Å². The van der Waals surface area contributed by atoms with Crippen molar-refractivity contribution in [3.63, 3.8) is 0 Å². The minimum atomic E-state index is -1.41. The van der Waals surface area contributed by atoms with E-state index in [1.165, 1.54) is 13.8 Å². The summed E-state index contributed by atoms with van der Waals surface area (Å²) in [6.07, 6.45) is 0.951. The number of hydrogen-bond donors (Lipinski definition) is 1. The third kappa shape index (κ3) is 13.2. The number of esters is 2. The highest BCUT2D eigenvalue weighted by Crippen LogP contribution is 2.47. The molecule has 0 aliphatic heterocycles. The van der Waals surface area contributed by atoms with Crippen LogP contribution in [-0.4, -0.2) is 59.7 Å². The Morgan fingerprint density at radius 2 is 1.59 bits per heavy atom. The first-order valence-corrected chi connectivity index (χ1v) is 13.6. The molecule has 2 atom stereocenters. The van der Waals surface area contributed by atoms with Crippen LogP contribution < -0.4 is 4.74 Å². The van der Waals surface area contributed by atoms with Gasteiger partial charge < -0.3 is 28.4 Å². The average molecular weight is 541 g/mol. The van der Waals surface area contributed by atoms with Gasteiger partial charge >= 0.3 is 11.9 Å². The molecule has 1 rings (SSSR count). The smallest absolute Gasteiger partial charge is 0.305 e. The molecular weight excluding hydrogens is 499 g/mol. The molecule has 0 fully saturated rings. The number of aliphatic hydroxyl groups is 1. The maximum atomic E-state index is 11.3. The van der Waals surface area contributed by atoms with Crippen LogP contribution in [0.25, 0.3) is 0 Å². The fraction of sp³-hybridized carbons (Fsp3) is 0.654. The standard InChI is InChI=1S/C26H41N2O8P/c1-19(2)28(20(3)4)37(33-17-9-15-27)36-25(18-29)10-7-8-16-32-24-13-11-23(12-14-24)26(34-21(5)30)35-22(6)31/h11-14,19-20,25-26,29H,7-10,16-18H2,1-6H3. The number of unbranched alkanes of at least 4 members (excludes halogenated alkanes) is 1. The van der Waals surface area contributed by atoms with Gasteiger partial charge in [-0.3, -0.25) is 9.59 Å². The van der Waals surface area contributed by atoms with Gasteiger partial charge in [-0.1, -0.05) is 0 Å². The minimum absolute atomic E-state index is 0.126. The van der Waals surface area contributed by atoms with Crippen molar-refractivity contribution in [3.8, 4) is 11.8 Å². The Labute approximate surface area is 221 Å². The Bertz CT molecular complexity index is 820. The Morgan fingerprint density at radius 1 is 1.00 bits per heavy atom. The molecule has 0 aliphatic carbocycles. The molecule has 1 N–H and O–H groups in total. The van der Waals surface area contributed by atoms with E-state index < -0.39 is 26.8 Å². The number of rotatable bonds is 18. The highest BCUT2D eigenvalue weighted by molar-refractivity contribution is 7.44. The van der Waals surface area contributed by atoms with Crippen LogP contribution >= 0.6 is 8.53 Å². The highest BCUT2D eigenvalue weighted by Gasteiger charge is 2.29. The molecule has 0 heterocycles. The van der Waals surface area contributed by atoms with Gasteiger partial charge in [0.15, 0.2) is 0 Å². The Balaban J connectivity index is 2.57. The molecule has 0 aromatic heterocycles. The Kier molecular flexibility index (Phi) is 16.0. The topological polar surface area (TPSA) is 128 Å². The first kappa shape index (κ1) is 32.7. The lowest BCUT2D eigenvalue weighted by atomic mass is 10.1. The number of carbonyl (C=O) groups is 2. The second-order valence-corrected chi connectivity index (χ2v) is 10.3. The van der Waals surface area contributed by atoms with Crippen molar-refractivity contribution in [2.45, 2.75) is 91.7 Å². The third-order valence-corrected chi connectivity index (χ3v) is 7.18. The van der Waals surface area contributed by atoms with Gasteiger partial charge in [0.2, 0.25) is 0 Å². The maximum Gasteiger partial charge on any atom is 0.305 e. The number of nitriles is 1. The number of hydrogen-bond acceptors (Lipinski definition) is 10. The molecule has 0 radical (unpaired) electrons. The van der Waals surface area contributed by atoms with Gasteiger partial charge in [0.05, 0.1) is 38.4 Å². The molecule has 1 aromatic carbocycles. The number of carbonyl (C=O) groups excluding carboxylic acids is 2. The van der Waals surface area contributed by atoms with Gasteiger partial charge in [-0.15, -0.1) is 0 Å². The Morgan fingerprint density at radius 3 is 2.08 bits per heavy atom. The molecule has 2 unspecified atom stereocenters. The predicted octanol–water partition coefficient (Wildman–Crippen LogP) is 5.01. The van der Waals surface area contributed by atoms with Crippen LogP contribution in [-0.2, 0) is 28.1 Å². The number of nitrogens with zero attached hydrogens (tertiary/aromatic N) is 2. The first-order valence-electron chi connectivity index (χ1n) is 12.5. The van der Waals surface area contributed by atoms with Crippen LogP contribution in [0.4, 0.5) is 0 Å². The molecule has 0 saturated carbocycles. The molecule has 37 heavy (non-hydrogen) atoms. The van der Waals surface area contributed by atoms with E-state index in [-0.39, 0.29) is 37.8 Å². The van der Waals surface area contributed by atoms with Crippen LogP contribution in [0.1, 0.15) is 79.1 Å². The molecule has 0 bridgehead atoms. The van der Waals surface area contributed by atoms with Crippen molar-refractivity contribution in [2.75, 3.05) is 19.8 Å². The molecule has 0 amide bonds. The van der Waals surface area contributed by atoms with Gasteiger partial charge in [-0.25, -0.2) is 4.67 Å². The zero-order valence-corrected chi connectivity index (χ0v) is 23.6. The van der Waals surface area contributed by atoms with Crippen molar-refractivity contribution in [1.82, 2.24) is 4.67 Å². The second kappa shape index (κ2) is 18.1. The van der Waals surface area contributed by atoms with E-state index in [0.717, 1.165) is 12.8 Å². The predicted molar refractivity (Wildman–Crippen MR) is 139 cm³/mol. The van der Waals surface area contributed by atoms with Crippen molar-refractivity contribution in [2.24, 2.45) is 0 Å². The van der Waals surface area contributed by atoms with E-state index in [2.05, 4.69) is 38.4 Å². The summed E-state index contributed by atoms with van der Waals surface area (Å²) in [5.41, 5.74) is 0.519. The normalized spacial score (nSPS) is 13.0. The zero-order chi connectivity index (χ0) is 27.8. The van der Waals surface area contributed by atoms with Crippen molar-refractivity contribution >= 4 is 20.5 Å². The van der Waals surface area contributed by atoms with E-state index in [0.29, 0.717) is 24.3 Å². The van der Waals surface area contributed by atoms with Crippen LogP contribution in [0.2, 0.25) is 0 Å².